The highest BCUT2D eigenvalue weighted by molar-refractivity contribution is 7.99. The Kier molecular flexibility index (Phi) is 4.82. The summed E-state index contributed by atoms with van der Waals surface area (Å²) in [4.78, 5) is 11.7. The molecule has 1 heterocycles. The van der Waals surface area contributed by atoms with Gasteiger partial charge in [-0.05, 0) is 31.4 Å². The van der Waals surface area contributed by atoms with E-state index in [0.29, 0.717) is 12.1 Å². The van der Waals surface area contributed by atoms with Crippen LogP contribution in [0.5, 0.6) is 0 Å². The molecule has 1 saturated carbocycles. The third-order valence-corrected chi connectivity index (χ3v) is 4.65. The fraction of sp³-hybridized carbons (Fsp3) is 0.917. The van der Waals surface area contributed by atoms with Gasteiger partial charge in [0, 0.05) is 17.8 Å². The lowest BCUT2D eigenvalue weighted by Crippen LogP contribution is -2.48. The average Bonchev–Trinajstić information content (AvgIpc) is 2.31. The van der Waals surface area contributed by atoms with Gasteiger partial charge in [0.15, 0.2) is 0 Å². The number of nitrogens with one attached hydrogen (secondary N) is 2. The molecule has 0 bridgehead atoms. The molecule has 1 unspecified atom stereocenters. The Morgan fingerprint density at radius 2 is 1.62 bits per heavy atom. The lowest BCUT2D eigenvalue weighted by atomic mass is 9.96. The van der Waals surface area contributed by atoms with Crippen LogP contribution in [0.3, 0.4) is 0 Å². The molecule has 1 atom stereocenters. The molecule has 0 spiro atoms. The highest BCUT2D eigenvalue weighted by Gasteiger charge is 2.19. The summed E-state index contributed by atoms with van der Waals surface area (Å²) in [5.41, 5.74) is 0. The molecule has 0 radical (unpaired) electrons. The quantitative estimate of drug-likeness (QED) is 0.781. The van der Waals surface area contributed by atoms with Gasteiger partial charge < -0.3 is 10.6 Å². The van der Waals surface area contributed by atoms with Gasteiger partial charge in [0.05, 0.1) is 0 Å². The summed E-state index contributed by atoms with van der Waals surface area (Å²) < 4.78 is 0. The second-order valence-corrected chi connectivity index (χ2v) is 6.02. The molecule has 1 aliphatic carbocycles. The zero-order valence-corrected chi connectivity index (χ0v) is 10.7. The second-order valence-electron chi connectivity index (χ2n) is 4.87. The Hall–Kier alpha value is -0.380. The van der Waals surface area contributed by atoms with E-state index in [1.54, 1.807) is 0 Å². The van der Waals surface area contributed by atoms with E-state index in [0.717, 1.165) is 25.0 Å². The minimum Gasteiger partial charge on any atom is -0.335 e. The molecule has 2 rings (SSSR count). The number of rotatable bonds is 2. The third kappa shape index (κ3) is 3.89. The Labute approximate surface area is 102 Å². The summed E-state index contributed by atoms with van der Waals surface area (Å²) in [6.45, 7) is 0. The van der Waals surface area contributed by atoms with Crippen LogP contribution in [-0.4, -0.2) is 29.6 Å². The van der Waals surface area contributed by atoms with Crippen LogP contribution in [0, 0.1) is 0 Å². The van der Waals surface area contributed by atoms with Gasteiger partial charge in [-0.15, -0.1) is 0 Å². The Morgan fingerprint density at radius 3 is 2.31 bits per heavy atom. The van der Waals surface area contributed by atoms with Crippen molar-refractivity contribution in [2.24, 2.45) is 0 Å². The van der Waals surface area contributed by atoms with Crippen LogP contribution in [0.2, 0.25) is 0 Å². The molecule has 92 valence electrons. The number of thioether (sulfide) groups is 1. The fourth-order valence-corrected chi connectivity index (χ4v) is 3.59. The largest absolute Gasteiger partial charge is 0.335 e. The molecule has 0 aromatic heterocycles. The van der Waals surface area contributed by atoms with Crippen molar-refractivity contribution in [2.75, 3.05) is 11.5 Å². The van der Waals surface area contributed by atoms with E-state index in [4.69, 9.17) is 0 Å². The molecule has 1 saturated heterocycles. The van der Waals surface area contributed by atoms with Crippen molar-refractivity contribution >= 4 is 17.8 Å². The monoisotopic (exact) mass is 242 g/mol. The summed E-state index contributed by atoms with van der Waals surface area (Å²) >= 11 is 1.95. The molecule has 2 N–H and O–H groups in total. The van der Waals surface area contributed by atoms with Crippen molar-refractivity contribution in [1.82, 2.24) is 10.6 Å². The molecule has 4 heteroatoms. The van der Waals surface area contributed by atoms with Crippen molar-refractivity contribution in [3.8, 4) is 0 Å². The zero-order valence-electron chi connectivity index (χ0n) is 9.84. The first-order valence-electron chi connectivity index (χ1n) is 6.49. The number of amides is 2. The van der Waals surface area contributed by atoms with Crippen LogP contribution in [0.4, 0.5) is 4.79 Å². The van der Waals surface area contributed by atoms with Gasteiger partial charge in [-0.25, -0.2) is 4.79 Å². The molecule has 2 aliphatic rings. The molecule has 2 amide bonds. The first kappa shape index (κ1) is 12.1. The number of carbonyl (C=O) groups is 1. The lowest BCUT2D eigenvalue weighted by Gasteiger charge is -2.26. The molecular formula is C12H22N2OS. The summed E-state index contributed by atoms with van der Waals surface area (Å²) in [6, 6.07) is 0.867. The van der Waals surface area contributed by atoms with Crippen LogP contribution >= 0.6 is 11.8 Å². The highest BCUT2D eigenvalue weighted by atomic mass is 32.2. The number of hydrogen-bond donors (Lipinski definition) is 2. The molecule has 3 nitrogen and oxygen atoms in total. The van der Waals surface area contributed by atoms with E-state index in [-0.39, 0.29) is 6.03 Å². The smallest absolute Gasteiger partial charge is 0.315 e. The van der Waals surface area contributed by atoms with Crippen molar-refractivity contribution in [1.29, 1.82) is 0 Å². The Balaban J connectivity index is 1.66. The SMILES string of the molecule is O=C(NC1CCCCC1)NC1CCCSC1. The molecular weight excluding hydrogens is 220 g/mol. The lowest BCUT2D eigenvalue weighted by molar-refractivity contribution is 0.229. The molecule has 16 heavy (non-hydrogen) atoms. The summed E-state index contributed by atoms with van der Waals surface area (Å²) in [5, 5.41) is 6.20. The fourth-order valence-electron chi connectivity index (χ4n) is 2.51. The molecule has 1 aliphatic heterocycles. The van der Waals surface area contributed by atoms with Gasteiger partial charge >= 0.3 is 6.03 Å². The van der Waals surface area contributed by atoms with E-state index in [1.807, 2.05) is 11.8 Å². The van der Waals surface area contributed by atoms with E-state index < -0.39 is 0 Å². The molecule has 0 aromatic rings. The predicted octanol–water partition coefficient (Wildman–Crippen LogP) is 2.51. The van der Waals surface area contributed by atoms with Crippen molar-refractivity contribution in [3.63, 3.8) is 0 Å². The summed E-state index contributed by atoms with van der Waals surface area (Å²) in [7, 11) is 0. The predicted molar refractivity (Wildman–Crippen MR) is 68.9 cm³/mol. The van der Waals surface area contributed by atoms with Crippen LogP contribution in [0.1, 0.15) is 44.9 Å². The van der Waals surface area contributed by atoms with Gasteiger partial charge in [-0.1, -0.05) is 19.3 Å². The normalized spacial score (nSPS) is 27.4. The van der Waals surface area contributed by atoms with E-state index in [9.17, 15) is 4.79 Å². The van der Waals surface area contributed by atoms with Crippen molar-refractivity contribution < 1.29 is 4.79 Å². The molecule has 2 fully saturated rings. The van der Waals surface area contributed by atoms with E-state index >= 15 is 0 Å². The van der Waals surface area contributed by atoms with Gasteiger partial charge in [0.25, 0.3) is 0 Å². The first-order chi connectivity index (χ1) is 7.84. The number of hydrogen-bond acceptors (Lipinski definition) is 2. The Morgan fingerprint density at radius 1 is 0.938 bits per heavy atom. The number of urea groups is 1. The standard InChI is InChI=1S/C12H22N2OS/c15-12(13-10-5-2-1-3-6-10)14-11-7-4-8-16-9-11/h10-11H,1-9H2,(H2,13,14,15). The Bertz CT molecular complexity index is 201. The van der Waals surface area contributed by atoms with Crippen LogP contribution < -0.4 is 10.6 Å². The number of carbonyl (C=O) groups excluding carboxylic acids is 1. The van der Waals surface area contributed by atoms with Crippen molar-refractivity contribution in [2.45, 2.75) is 57.0 Å². The maximum Gasteiger partial charge on any atom is 0.315 e. The second kappa shape index (κ2) is 6.38. The minimum atomic E-state index is 0.0550. The maximum atomic E-state index is 11.7. The van der Waals surface area contributed by atoms with Gasteiger partial charge in [-0.3, -0.25) is 0 Å². The van der Waals surface area contributed by atoms with Gasteiger partial charge in [0.1, 0.15) is 0 Å². The van der Waals surface area contributed by atoms with Crippen LogP contribution in [0.25, 0.3) is 0 Å². The average molecular weight is 242 g/mol. The zero-order chi connectivity index (χ0) is 11.2. The third-order valence-electron chi connectivity index (χ3n) is 3.44. The molecule has 0 aromatic carbocycles. The van der Waals surface area contributed by atoms with Crippen LogP contribution in [0.15, 0.2) is 0 Å². The van der Waals surface area contributed by atoms with Crippen LogP contribution in [-0.2, 0) is 0 Å². The summed E-state index contributed by atoms with van der Waals surface area (Å²) in [5.74, 6) is 2.33. The highest BCUT2D eigenvalue weighted by Crippen LogP contribution is 2.18. The van der Waals surface area contributed by atoms with Gasteiger partial charge in [0.2, 0.25) is 0 Å². The topological polar surface area (TPSA) is 41.1 Å². The van der Waals surface area contributed by atoms with E-state index in [1.165, 1.54) is 31.4 Å². The first-order valence-corrected chi connectivity index (χ1v) is 7.65. The minimum absolute atomic E-state index is 0.0550. The van der Waals surface area contributed by atoms with E-state index in [2.05, 4.69) is 10.6 Å². The van der Waals surface area contributed by atoms with Gasteiger partial charge in [-0.2, -0.15) is 11.8 Å². The summed E-state index contributed by atoms with van der Waals surface area (Å²) in [6.07, 6.45) is 8.57. The maximum absolute atomic E-state index is 11.7. The van der Waals surface area contributed by atoms with Crippen molar-refractivity contribution in [3.05, 3.63) is 0 Å².